The van der Waals surface area contributed by atoms with Gasteiger partial charge in [0.25, 0.3) is 0 Å². The first-order chi connectivity index (χ1) is 24.6. The summed E-state index contributed by atoms with van der Waals surface area (Å²) < 4.78 is 17.1. The average Bonchev–Trinajstić information content (AvgIpc) is 3.08. The fourth-order valence-electron chi connectivity index (χ4n) is 5.33. The van der Waals surface area contributed by atoms with Crippen molar-refractivity contribution in [2.75, 3.05) is 41.0 Å². The van der Waals surface area contributed by atoms with Crippen LogP contribution in [-0.4, -0.2) is 80.6 Å². The smallest absolute Gasteiger partial charge is 0.362 e. The van der Waals surface area contributed by atoms with Crippen LogP contribution in [0.15, 0.2) is 60.8 Å². The van der Waals surface area contributed by atoms with Gasteiger partial charge >= 0.3 is 17.9 Å². The zero-order valence-electron chi connectivity index (χ0n) is 33.0. The van der Waals surface area contributed by atoms with Crippen molar-refractivity contribution in [3.05, 3.63) is 60.8 Å². The van der Waals surface area contributed by atoms with Crippen LogP contribution in [0.2, 0.25) is 0 Å². The fourth-order valence-corrected chi connectivity index (χ4v) is 5.33. The molecule has 0 saturated heterocycles. The molecular weight excluding hydrogens is 642 g/mol. The van der Waals surface area contributed by atoms with Gasteiger partial charge < -0.3 is 23.8 Å². The second-order valence-electron chi connectivity index (χ2n) is 14.1. The number of hydrogen-bond donors (Lipinski definition) is 1. The Morgan fingerprint density at radius 1 is 0.608 bits per heavy atom. The molecule has 0 aromatic heterocycles. The predicted molar refractivity (Wildman–Crippen MR) is 211 cm³/mol. The van der Waals surface area contributed by atoms with Crippen LogP contribution in [0.1, 0.15) is 142 Å². The molecule has 8 nitrogen and oxygen atoms in total. The van der Waals surface area contributed by atoms with Gasteiger partial charge in [-0.1, -0.05) is 120 Å². The summed E-state index contributed by atoms with van der Waals surface area (Å²) in [4.78, 5) is 36.8. The highest BCUT2D eigenvalue weighted by atomic mass is 16.6. The number of carboxylic acids is 1. The molecule has 0 heterocycles. The molecule has 0 aliphatic heterocycles. The van der Waals surface area contributed by atoms with Gasteiger partial charge in [-0.3, -0.25) is 9.59 Å². The Bertz CT molecular complexity index is 1020. The fraction of sp³-hybridized carbons (Fsp3) is 0.698. The van der Waals surface area contributed by atoms with E-state index in [2.05, 4.69) is 68.5 Å². The molecule has 292 valence electrons. The third kappa shape index (κ3) is 32.7. The van der Waals surface area contributed by atoms with Crippen molar-refractivity contribution < 1.29 is 38.2 Å². The zero-order valence-corrected chi connectivity index (χ0v) is 33.0. The number of carbonyl (C=O) groups is 3. The molecule has 8 heteroatoms. The van der Waals surface area contributed by atoms with Crippen molar-refractivity contribution in [2.24, 2.45) is 0 Å². The summed E-state index contributed by atoms with van der Waals surface area (Å²) >= 11 is 0. The van der Waals surface area contributed by atoms with Crippen LogP contribution in [-0.2, 0) is 28.6 Å². The van der Waals surface area contributed by atoms with Crippen molar-refractivity contribution in [3.63, 3.8) is 0 Å². The Morgan fingerprint density at radius 3 is 1.71 bits per heavy atom. The molecule has 0 fully saturated rings. The standard InChI is InChI=1S/C43H73NO7/c1-6-8-10-12-14-16-18-20-22-23-25-27-29-31-33-41(45)50-38-39(37-49-36-35-40(43(47)48)44(3,4)5)51-42(46)34-32-30-28-26-24-21-19-17-15-13-11-9-7-2/h8,10,14,16,20-22,24,28,30,39-40H,6-7,9,11-13,15,17-19,23,25-27,29,31-38H2,1-5H3/p+1/b10-8+,16-14+,22-20+,24-21+,30-28+. The SMILES string of the molecule is CC/C=C/C/C=C/C/C=C/CCCCCCC(=O)OCC(COCCC(C(=O)O)[N+](C)(C)C)OC(=O)CC/C=C/C/C=C/CCCCCCCC. The van der Waals surface area contributed by atoms with Gasteiger partial charge in [0, 0.05) is 19.3 Å². The van der Waals surface area contributed by atoms with E-state index in [0.717, 1.165) is 64.2 Å². The van der Waals surface area contributed by atoms with Crippen molar-refractivity contribution in [1.29, 1.82) is 0 Å². The summed E-state index contributed by atoms with van der Waals surface area (Å²) in [7, 11) is 5.49. The first-order valence-electron chi connectivity index (χ1n) is 19.8. The van der Waals surface area contributed by atoms with Gasteiger partial charge in [-0.05, 0) is 64.2 Å². The maximum Gasteiger partial charge on any atom is 0.362 e. The molecule has 0 aliphatic carbocycles. The quantitative estimate of drug-likeness (QED) is 0.0306. The van der Waals surface area contributed by atoms with E-state index in [9.17, 15) is 19.5 Å². The van der Waals surface area contributed by atoms with Crippen LogP contribution < -0.4 is 0 Å². The summed E-state index contributed by atoms with van der Waals surface area (Å²) in [6.07, 6.45) is 39.9. The molecule has 0 amide bonds. The number of ether oxygens (including phenoxy) is 3. The lowest BCUT2D eigenvalue weighted by Crippen LogP contribution is -2.50. The average molecular weight is 717 g/mol. The number of allylic oxidation sites excluding steroid dienone is 10. The number of esters is 2. The molecule has 0 saturated carbocycles. The number of aliphatic carboxylic acids is 1. The van der Waals surface area contributed by atoms with Gasteiger partial charge in [0.2, 0.25) is 0 Å². The Kier molecular flexibility index (Phi) is 32.1. The molecule has 0 aromatic rings. The molecule has 0 radical (unpaired) electrons. The minimum absolute atomic E-state index is 0.0287. The molecule has 51 heavy (non-hydrogen) atoms. The lowest BCUT2D eigenvalue weighted by Gasteiger charge is -2.31. The summed E-state index contributed by atoms with van der Waals surface area (Å²) in [5.74, 6) is -1.59. The molecule has 0 rings (SSSR count). The first-order valence-corrected chi connectivity index (χ1v) is 19.8. The second-order valence-corrected chi connectivity index (χ2v) is 14.1. The van der Waals surface area contributed by atoms with Gasteiger partial charge in [-0.15, -0.1) is 0 Å². The Labute approximate surface area is 311 Å². The van der Waals surface area contributed by atoms with E-state index < -0.39 is 18.1 Å². The van der Waals surface area contributed by atoms with Gasteiger partial charge in [0.1, 0.15) is 6.61 Å². The van der Waals surface area contributed by atoms with E-state index >= 15 is 0 Å². The molecule has 0 aromatic carbocycles. The summed E-state index contributed by atoms with van der Waals surface area (Å²) in [6.45, 7) is 4.50. The van der Waals surface area contributed by atoms with E-state index in [1.807, 2.05) is 27.2 Å². The maximum absolute atomic E-state index is 12.6. The Balaban J connectivity index is 4.53. The van der Waals surface area contributed by atoms with Crippen molar-refractivity contribution in [1.82, 2.24) is 0 Å². The first kappa shape index (κ1) is 48.0. The lowest BCUT2D eigenvalue weighted by atomic mass is 10.1. The number of carbonyl (C=O) groups excluding carboxylic acids is 2. The van der Waals surface area contributed by atoms with Crippen molar-refractivity contribution in [3.8, 4) is 0 Å². The third-order valence-corrected chi connectivity index (χ3v) is 8.41. The lowest BCUT2D eigenvalue weighted by molar-refractivity contribution is -0.887. The van der Waals surface area contributed by atoms with Gasteiger partial charge in [-0.25, -0.2) is 4.79 Å². The van der Waals surface area contributed by atoms with E-state index in [0.29, 0.717) is 19.3 Å². The molecule has 2 atom stereocenters. The van der Waals surface area contributed by atoms with E-state index in [4.69, 9.17) is 14.2 Å². The normalized spacial score (nSPS) is 13.7. The largest absolute Gasteiger partial charge is 0.477 e. The van der Waals surface area contributed by atoms with Crippen molar-refractivity contribution >= 4 is 17.9 Å². The number of rotatable bonds is 34. The number of unbranched alkanes of at least 4 members (excludes halogenated alkanes) is 10. The van der Waals surface area contributed by atoms with E-state index in [1.165, 1.54) is 38.5 Å². The number of hydrogen-bond acceptors (Lipinski definition) is 6. The molecule has 0 aliphatic rings. The molecule has 0 bridgehead atoms. The summed E-state index contributed by atoms with van der Waals surface area (Å²) in [5.41, 5.74) is 0. The number of nitrogens with zero attached hydrogens (tertiary/aromatic N) is 1. The third-order valence-electron chi connectivity index (χ3n) is 8.41. The summed E-state index contributed by atoms with van der Waals surface area (Å²) in [5, 5.41) is 9.58. The van der Waals surface area contributed by atoms with Crippen LogP contribution in [0.3, 0.4) is 0 Å². The number of likely N-dealkylation sites (N-methyl/N-ethyl adjacent to an activating group) is 1. The summed E-state index contributed by atoms with van der Waals surface area (Å²) in [6, 6.07) is -0.628. The second kappa shape index (κ2) is 34.1. The van der Waals surface area contributed by atoms with Crippen LogP contribution in [0, 0.1) is 0 Å². The van der Waals surface area contributed by atoms with Gasteiger partial charge in [-0.2, -0.15) is 0 Å². The Morgan fingerprint density at radius 2 is 1.14 bits per heavy atom. The minimum Gasteiger partial charge on any atom is -0.477 e. The molecule has 0 spiro atoms. The van der Waals surface area contributed by atoms with E-state index in [1.54, 1.807) is 0 Å². The van der Waals surface area contributed by atoms with Crippen LogP contribution >= 0.6 is 0 Å². The van der Waals surface area contributed by atoms with E-state index in [-0.39, 0.29) is 42.7 Å². The predicted octanol–water partition coefficient (Wildman–Crippen LogP) is 10.2. The van der Waals surface area contributed by atoms with Crippen LogP contribution in [0.5, 0.6) is 0 Å². The topological polar surface area (TPSA) is 99.1 Å². The number of carboxylic acid groups (broad SMARTS) is 1. The highest BCUT2D eigenvalue weighted by Gasteiger charge is 2.31. The van der Waals surface area contributed by atoms with Gasteiger partial charge in [0.15, 0.2) is 12.1 Å². The van der Waals surface area contributed by atoms with Crippen molar-refractivity contribution in [2.45, 2.75) is 154 Å². The maximum atomic E-state index is 12.6. The molecular formula is C43H74NO7+. The highest BCUT2D eigenvalue weighted by Crippen LogP contribution is 2.11. The highest BCUT2D eigenvalue weighted by molar-refractivity contribution is 5.72. The van der Waals surface area contributed by atoms with Crippen LogP contribution in [0.4, 0.5) is 0 Å². The van der Waals surface area contributed by atoms with Crippen LogP contribution in [0.25, 0.3) is 0 Å². The monoisotopic (exact) mass is 717 g/mol. The zero-order chi connectivity index (χ0) is 37.8. The molecule has 2 unspecified atom stereocenters. The molecule has 1 N–H and O–H groups in total. The Hall–Kier alpha value is -2.97. The minimum atomic E-state index is -0.889. The number of quaternary nitrogens is 1. The van der Waals surface area contributed by atoms with Gasteiger partial charge in [0.05, 0.1) is 34.4 Å².